The summed E-state index contributed by atoms with van der Waals surface area (Å²) in [5, 5.41) is 6.29. The molecule has 7 nitrogen and oxygen atoms in total. The van der Waals surface area contributed by atoms with Gasteiger partial charge in [0.05, 0.1) is 25.0 Å². The highest BCUT2D eigenvalue weighted by molar-refractivity contribution is 7.91. The Balaban J connectivity index is 1.98. The predicted octanol–water partition coefficient (Wildman–Crippen LogP) is 0.799. The van der Waals surface area contributed by atoms with E-state index in [0.29, 0.717) is 32.3 Å². The third kappa shape index (κ3) is 7.08. The van der Waals surface area contributed by atoms with Gasteiger partial charge in [-0.1, -0.05) is 19.1 Å². The molecule has 0 aliphatic carbocycles. The van der Waals surface area contributed by atoms with Gasteiger partial charge in [0.1, 0.15) is 5.82 Å². The molecule has 2 N–H and O–H groups in total. The molecule has 0 spiro atoms. The van der Waals surface area contributed by atoms with Gasteiger partial charge < -0.3 is 15.4 Å². The molecule has 1 saturated heterocycles. The number of guanidine groups is 1. The number of benzene rings is 1. The highest BCUT2D eigenvalue weighted by Gasteiger charge is 2.23. The molecule has 1 aromatic rings. The highest BCUT2D eigenvalue weighted by atomic mass is 32.2. The van der Waals surface area contributed by atoms with Crippen LogP contribution in [0.3, 0.4) is 0 Å². The minimum absolute atomic E-state index is 0.0347. The fourth-order valence-electron chi connectivity index (χ4n) is 2.92. The lowest BCUT2D eigenvalue weighted by molar-refractivity contribution is 0.0170. The van der Waals surface area contributed by atoms with E-state index in [1.807, 2.05) is 0 Å². The van der Waals surface area contributed by atoms with E-state index in [1.54, 1.807) is 26.1 Å². The summed E-state index contributed by atoms with van der Waals surface area (Å²) in [6.45, 7) is 5.42. The van der Waals surface area contributed by atoms with Gasteiger partial charge in [-0.05, 0) is 17.7 Å². The zero-order chi connectivity index (χ0) is 19.7. The zero-order valence-electron chi connectivity index (χ0n) is 15.9. The number of morpholine rings is 1. The van der Waals surface area contributed by atoms with Gasteiger partial charge in [0, 0.05) is 39.0 Å². The zero-order valence-corrected chi connectivity index (χ0v) is 16.8. The number of hydrogen-bond donors (Lipinski definition) is 2. The Hall–Kier alpha value is -1.71. The standard InChI is InChI=1S/C18H29FN4O3S/c1-3-27(24,25)13-8-21-18(20-2)22-14-17(23-9-11-26-12-10-23)15-4-6-16(19)7-5-15/h4-7,17H,3,8-14H2,1-2H3,(H2,20,21,22). The van der Waals surface area contributed by atoms with Crippen molar-refractivity contribution in [3.8, 4) is 0 Å². The quantitative estimate of drug-likeness (QED) is 0.496. The third-order valence-corrected chi connectivity index (χ3v) is 6.28. The summed E-state index contributed by atoms with van der Waals surface area (Å²) in [6, 6.07) is 6.55. The molecule has 152 valence electrons. The SMILES string of the molecule is CCS(=O)(=O)CCNC(=NC)NCC(c1ccc(F)cc1)N1CCOCC1. The van der Waals surface area contributed by atoms with E-state index in [2.05, 4.69) is 20.5 Å². The van der Waals surface area contributed by atoms with Crippen molar-refractivity contribution in [1.29, 1.82) is 0 Å². The molecular weight excluding hydrogens is 371 g/mol. The van der Waals surface area contributed by atoms with Gasteiger partial charge in [-0.2, -0.15) is 0 Å². The summed E-state index contributed by atoms with van der Waals surface area (Å²) in [4.78, 5) is 6.44. The van der Waals surface area contributed by atoms with Crippen LogP contribution >= 0.6 is 0 Å². The first-order chi connectivity index (χ1) is 12.9. The first-order valence-corrected chi connectivity index (χ1v) is 11.0. The lowest BCUT2D eigenvalue weighted by Gasteiger charge is -2.35. The minimum atomic E-state index is -3.02. The summed E-state index contributed by atoms with van der Waals surface area (Å²) in [6.07, 6.45) is 0. The maximum atomic E-state index is 13.3. The van der Waals surface area contributed by atoms with E-state index in [-0.39, 0.29) is 23.4 Å². The molecule has 1 aromatic carbocycles. The number of nitrogens with one attached hydrogen (secondary N) is 2. The second kappa shape index (κ2) is 10.6. The average molecular weight is 401 g/mol. The third-order valence-electron chi connectivity index (χ3n) is 4.57. The van der Waals surface area contributed by atoms with Crippen LogP contribution in [0, 0.1) is 5.82 Å². The number of aliphatic imine (C=N–C) groups is 1. The first-order valence-electron chi connectivity index (χ1n) is 9.17. The maximum absolute atomic E-state index is 13.3. The van der Waals surface area contributed by atoms with E-state index in [4.69, 9.17) is 4.74 Å². The molecule has 2 rings (SSSR count). The number of rotatable bonds is 8. The summed E-state index contributed by atoms with van der Waals surface area (Å²) < 4.78 is 41.9. The predicted molar refractivity (Wildman–Crippen MR) is 105 cm³/mol. The van der Waals surface area contributed by atoms with E-state index in [1.165, 1.54) is 12.1 Å². The van der Waals surface area contributed by atoms with Crippen LogP contribution in [-0.4, -0.2) is 77.2 Å². The Morgan fingerprint density at radius 2 is 1.93 bits per heavy atom. The molecule has 0 aromatic heterocycles. The first kappa shape index (κ1) is 21.6. The van der Waals surface area contributed by atoms with Gasteiger partial charge in [-0.3, -0.25) is 9.89 Å². The van der Waals surface area contributed by atoms with Crippen molar-refractivity contribution >= 4 is 15.8 Å². The Morgan fingerprint density at radius 3 is 2.52 bits per heavy atom. The van der Waals surface area contributed by atoms with Crippen LogP contribution in [0.2, 0.25) is 0 Å². The molecule has 1 unspecified atom stereocenters. The molecule has 0 saturated carbocycles. The molecule has 1 aliphatic rings. The normalized spacial score (nSPS) is 17.5. The summed E-state index contributed by atoms with van der Waals surface area (Å²) in [5.41, 5.74) is 1.01. The van der Waals surface area contributed by atoms with Crippen molar-refractivity contribution in [3.05, 3.63) is 35.6 Å². The fraction of sp³-hybridized carbons (Fsp3) is 0.611. The van der Waals surface area contributed by atoms with E-state index in [0.717, 1.165) is 18.7 Å². The van der Waals surface area contributed by atoms with Crippen molar-refractivity contribution in [3.63, 3.8) is 0 Å². The van der Waals surface area contributed by atoms with Gasteiger partial charge in [0.25, 0.3) is 0 Å². The van der Waals surface area contributed by atoms with Crippen molar-refractivity contribution in [2.75, 3.05) is 57.9 Å². The summed E-state index contributed by atoms with van der Waals surface area (Å²) >= 11 is 0. The van der Waals surface area contributed by atoms with Crippen LogP contribution in [-0.2, 0) is 14.6 Å². The Bertz CT molecular complexity index is 704. The largest absolute Gasteiger partial charge is 0.379 e. The molecule has 1 heterocycles. The molecule has 9 heteroatoms. The van der Waals surface area contributed by atoms with Gasteiger partial charge in [0.2, 0.25) is 0 Å². The molecule has 0 amide bonds. The van der Waals surface area contributed by atoms with Gasteiger partial charge >= 0.3 is 0 Å². The second-order valence-corrected chi connectivity index (χ2v) is 8.80. The van der Waals surface area contributed by atoms with Crippen LogP contribution in [0.25, 0.3) is 0 Å². The summed E-state index contributed by atoms with van der Waals surface area (Å²) in [7, 11) is -1.38. The minimum Gasteiger partial charge on any atom is -0.379 e. The second-order valence-electron chi connectivity index (χ2n) is 6.33. The number of halogens is 1. The van der Waals surface area contributed by atoms with Crippen LogP contribution < -0.4 is 10.6 Å². The van der Waals surface area contributed by atoms with Gasteiger partial charge in [-0.25, -0.2) is 12.8 Å². The molecule has 27 heavy (non-hydrogen) atoms. The van der Waals surface area contributed by atoms with E-state index >= 15 is 0 Å². The Morgan fingerprint density at radius 1 is 1.26 bits per heavy atom. The number of nitrogens with zero attached hydrogens (tertiary/aromatic N) is 2. The molecule has 1 aliphatic heterocycles. The van der Waals surface area contributed by atoms with Gasteiger partial charge in [0.15, 0.2) is 15.8 Å². The molecular formula is C18H29FN4O3S. The number of sulfone groups is 1. The molecule has 1 atom stereocenters. The monoisotopic (exact) mass is 400 g/mol. The van der Waals surface area contributed by atoms with Crippen LogP contribution in [0.4, 0.5) is 4.39 Å². The highest BCUT2D eigenvalue weighted by Crippen LogP contribution is 2.21. The van der Waals surface area contributed by atoms with Crippen molar-refractivity contribution < 1.29 is 17.5 Å². The Kier molecular flexibility index (Phi) is 8.46. The smallest absolute Gasteiger partial charge is 0.191 e. The summed E-state index contributed by atoms with van der Waals surface area (Å²) in [5.74, 6) is 0.475. The van der Waals surface area contributed by atoms with E-state index in [9.17, 15) is 12.8 Å². The maximum Gasteiger partial charge on any atom is 0.191 e. The van der Waals surface area contributed by atoms with Crippen LogP contribution in [0.5, 0.6) is 0 Å². The Labute approximate surface area is 160 Å². The van der Waals surface area contributed by atoms with Crippen molar-refractivity contribution in [2.24, 2.45) is 4.99 Å². The lowest BCUT2D eigenvalue weighted by Crippen LogP contribution is -2.46. The number of ether oxygens (including phenoxy) is 1. The number of hydrogen-bond acceptors (Lipinski definition) is 5. The van der Waals surface area contributed by atoms with E-state index < -0.39 is 9.84 Å². The average Bonchev–Trinajstić information content (AvgIpc) is 2.68. The molecule has 1 fully saturated rings. The molecule has 0 radical (unpaired) electrons. The molecule has 0 bridgehead atoms. The lowest BCUT2D eigenvalue weighted by atomic mass is 10.0. The topological polar surface area (TPSA) is 83.0 Å². The van der Waals surface area contributed by atoms with Crippen molar-refractivity contribution in [2.45, 2.75) is 13.0 Å². The van der Waals surface area contributed by atoms with Crippen LogP contribution in [0.1, 0.15) is 18.5 Å². The van der Waals surface area contributed by atoms with Gasteiger partial charge in [-0.15, -0.1) is 0 Å². The van der Waals surface area contributed by atoms with Crippen LogP contribution in [0.15, 0.2) is 29.3 Å². The van der Waals surface area contributed by atoms with Crippen molar-refractivity contribution in [1.82, 2.24) is 15.5 Å². The fourth-order valence-corrected chi connectivity index (χ4v) is 3.62.